The number of unbranched alkanes of at least 4 members (excludes halogenated alkanes) is 37. The first-order valence-electron chi connectivity index (χ1n) is 33.1. The number of likely N-dealkylation sites (N-methyl/N-ethyl adjacent to an activating group) is 1. The van der Waals surface area contributed by atoms with Crippen LogP contribution in [0.3, 0.4) is 0 Å². The number of nitrogens with one attached hydrogen (secondary N) is 1. The number of quaternary nitrogens is 1. The molecule has 9 nitrogen and oxygen atoms in total. The van der Waals surface area contributed by atoms with E-state index in [0.717, 1.165) is 89.9 Å². The number of amides is 1. The molecule has 0 aromatic rings. The molecule has 1 amide bonds. The van der Waals surface area contributed by atoms with Gasteiger partial charge in [-0.1, -0.05) is 268 Å². The van der Waals surface area contributed by atoms with Crippen molar-refractivity contribution in [3.05, 3.63) is 60.8 Å². The molecule has 0 aromatic heterocycles. The number of allylic oxidation sites excluding steroid dienone is 9. The van der Waals surface area contributed by atoms with Gasteiger partial charge < -0.3 is 28.5 Å². The van der Waals surface area contributed by atoms with E-state index >= 15 is 0 Å². The van der Waals surface area contributed by atoms with Gasteiger partial charge in [-0.25, -0.2) is 0 Å². The number of phosphoric ester groups is 1. The van der Waals surface area contributed by atoms with Crippen molar-refractivity contribution in [2.24, 2.45) is 0 Å². The van der Waals surface area contributed by atoms with E-state index in [-0.39, 0.29) is 24.9 Å². The van der Waals surface area contributed by atoms with Crippen LogP contribution < -0.4 is 10.2 Å². The molecule has 0 saturated heterocycles. The predicted octanol–water partition coefficient (Wildman–Crippen LogP) is 20.0. The summed E-state index contributed by atoms with van der Waals surface area (Å²) >= 11 is 0. The van der Waals surface area contributed by atoms with Crippen molar-refractivity contribution < 1.29 is 37.3 Å². The largest absolute Gasteiger partial charge is 0.756 e. The lowest BCUT2D eigenvalue weighted by molar-refractivity contribution is -0.870. The quantitative estimate of drug-likeness (QED) is 0.0161. The van der Waals surface area contributed by atoms with Crippen LogP contribution in [0.25, 0.3) is 0 Å². The standard InChI is InChI=1S/C68H127N2O7P/c1-7-10-13-16-19-22-25-28-30-31-32-33-34-35-36-37-38-39-41-43-46-49-52-55-58-61-68(72)77-66(59-56-53-50-47-44-27-24-21-18-15-12-9-3)65(64-76-78(73,74)75-63-62-70(4,5)6)69-67(71)60-57-54-51-48-45-42-40-29-26-23-20-17-14-11-8-2/h19-20,22-23,26,28-30,56,59,65-66H,7-18,21,24-25,27,31-55,57-58,60-64H2,1-6H3,(H-,69,71,73,74)/b22-19-,23-20+,29-26+,30-28-,59-56-. The van der Waals surface area contributed by atoms with Crippen molar-refractivity contribution in [2.45, 2.75) is 322 Å². The third-order valence-corrected chi connectivity index (χ3v) is 15.7. The molecule has 0 saturated carbocycles. The molecule has 0 fully saturated rings. The fourth-order valence-electron chi connectivity index (χ4n) is 9.54. The lowest BCUT2D eigenvalue weighted by atomic mass is 10.0. The second-order valence-corrected chi connectivity index (χ2v) is 25.1. The van der Waals surface area contributed by atoms with Gasteiger partial charge in [0, 0.05) is 12.8 Å². The molecule has 0 spiro atoms. The van der Waals surface area contributed by atoms with E-state index in [1.807, 2.05) is 33.3 Å². The van der Waals surface area contributed by atoms with E-state index < -0.39 is 26.6 Å². The number of carbonyl (C=O) groups is 2. The molecule has 3 unspecified atom stereocenters. The second-order valence-electron chi connectivity index (χ2n) is 23.6. The van der Waals surface area contributed by atoms with Gasteiger partial charge in [0.05, 0.1) is 33.8 Å². The van der Waals surface area contributed by atoms with E-state index in [4.69, 9.17) is 13.8 Å². The second kappa shape index (κ2) is 57.9. The van der Waals surface area contributed by atoms with Crippen LogP contribution in [-0.4, -0.2) is 69.4 Å². The van der Waals surface area contributed by atoms with E-state index in [9.17, 15) is 19.0 Å². The summed E-state index contributed by atoms with van der Waals surface area (Å²) in [6, 6.07) is -0.894. The molecule has 0 aliphatic rings. The first-order chi connectivity index (χ1) is 37.9. The highest BCUT2D eigenvalue weighted by Gasteiger charge is 2.27. The zero-order valence-corrected chi connectivity index (χ0v) is 53.0. The number of carbonyl (C=O) groups excluding carboxylic acids is 2. The van der Waals surface area contributed by atoms with E-state index in [2.05, 4.69) is 74.7 Å². The molecule has 456 valence electrons. The Morgan fingerprint density at radius 1 is 0.462 bits per heavy atom. The predicted molar refractivity (Wildman–Crippen MR) is 335 cm³/mol. The van der Waals surface area contributed by atoms with Gasteiger partial charge in [-0.05, 0) is 89.5 Å². The SMILES string of the molecule is CCCCC/C=C\C/C=C\CCCCCCCCCCCCCCCCCC(=O)OC(/C=C\CCCCCCCCCCCC)C(COP(=O)([O-])OCC[N+](C)(C)C)NC(=O)CCCCCCCC/C=C/C=C/CCCCC. The summed E-state index contributed by atoms with van der Waals surface area (Å²) in [5.74, 6) is -0.546. The number of esters is 1. The molecule has 3 atom stereocenters. The molecule has 10 heteroatoms. The zero-order valence-electron chi connectivity index (χ0n) is 52.1. The van der Waals surface area contributed by atoms with Gasteiger partial charge in [-0.3, -0.25) is 14.2 Å². The zero-order chi connectivity index (χ0) is 57.2. The van der Waals surface area contributed by atoms with Gasteiger partial charge in [0.1, 0.15) is 19.3 Å². The normalized spacial score (nSPS) is 14.0. The molecule has 0 radical (unpaired) electrons. The fourth-order valence-corrected chi connectivity index (χ4v) is 10.3. The lowest BCUT2D eigenvalue weighted by Gasteiger charge is -2.30. The van der Waals surface area contributed by atoms with Crippen LogP contribution in [0.4, 0.5) is 0 Å². The number of nitrogens with zero attached hydrogens (tertiary/aromatic N) is 1. The van der Waals surface area contributed by atoms with E-state index in [1.165, 1.54) is 186 Å². The van der Waals surface area contributed by atoms with Crippen molar-refractivity contribution in [1.82, 2.24) is 5.32 Å². The van der Waals surface area contributed by atoms with Gasteiger partial charge in [0.15, 0.2) is 0 Å². The van der Waals surface area contributed by atoms with Crippen LogP contribution in [-0.2, 0) is 27.9 Å². The van der Waals surface area contributed by atoms with Crippen LogP contribution in [0.2, 0.25) is 0 Å². The molecule has 0 aliphatic heterocycles. The Hall–Kier alpha value is -2.29. The van der Waals surface area contributed by atoms with Crippen LogP contribution in [0.1, 0.15) is 310 Å². The van der Waals surface area contributed by atoms with E-state index in [0.29, 0.717) is 17.4 Å². The fraction of sp³-hybridized carbons (Fsp3) is 0.824. The Morgan fingerprint density at radius 2 is 0.821 bits per heavy atom. The van der Waals surface area contributed by atoms with Crippen LogP contribution in [0.15, 0.2) is 60.8 Å². The Morgan fingerprint density at radius 3 is 1.26 bits per heavy atom. The number of hydrogen-bond acceptors (Lipinski definition) is 7. The minimum absolute atomic E-state index is 0.0249. The lowest BCUT2D eigenvalue weighted by Crippen LogP contribution is -2.47. The van der Waals surface area contributed by atoms with Crippen LogP contribution >= 0.6 is 7.82 Å². The highest BCUT2D eigenvalue weighted by molar-refractivity contribution is 7.45. The van der Waals surface area contributed by atoms with Crippen molar-refractivity contribution in [2.75, 3.05) is 40.9 Å². The van der Waals surface area contributed by atoms with Gasteiger partial charge in [-0.15, -0.1) is 0 Å². The van der Waals surface area contributed by atoms with Crippen LogP contribution in [0, 0.1) is 0 Å². The summed E-state index contributed by atoms with van der Waals surface area (Å²) in [5, 5.41) is 3.03. The minimum Gasteiger partial charge on any atom is -0.756 e. The van der Waals surface area contributed by atoms with Gasteiger partial charge in [0.25, 0.3) is 7.82 Å². The van der Waals surface area contributed by atoms with Gasteiger partial charge in [-0.2, -0.15) is 0 Å². The summed E-state index contributed by atoms with van der Waals surface area (Å²) in [6.07, 6.45) is 73.4. The van der Waals surface area contributed by atoms with Crippen molar-refractivity contribution in [3.63, 3.8) is 0 Å². The van der Waals surface area contributed by atoms with Crippen molar-refractivity contribution >= 4 is 19.7 Å². The highest BCUT2D eigenvalue weighted by atomic mass is 31.2. The number of phosphoric acid groups is 1. The number of hydrogen-bond donors (Lipinski definition) is 1. The molecule has 0 rings (SSSR count). The summed E-state index contributed by atoms with van der Waals surface area (Å²) in [6.45, 7) is 6.80. The first kappa shape index (κ1) is 75.7. The Balaban J connectivity index is 5.09. The third kappa shape index (κ3) is 58.4. The maximum atomic E-state index is 13.5. The summed E-state index contributed by atoms with van der Waals surface area (Å²) < 4.78 is 30.4. The van der Waals surface area contributed by atoms with Gasteiger partial charge in [0.2, 0.25) is 5.91 Å². The molecular formula is C68H127N2O7P. The van der Waals surface area contributed by atoms with Crippen molar-refractivity contribution in [1.29, 1.82) is 0 Å². The van der Waals surface area contributed by atoms with Crippen molar-refractivity contribution in [3.8, 4) is 0 Å². The molecule has 0 bridgehead atoms. The van der Waals surface area contributed by atoms with Gasteiger partial charge >= 0.3 is 5.97 Å². The molecule has 0 aliphatic carbocycles. The van der Waals surface area contributed by atoms with Crippen LogP contribution in [0.5, 0.6) is 0 Å². The topological polar surface area (TPSA) is 114 Å². The Bertz CT molecular complexity index is 1520. The number of ether oxygens (including phenoxy) is 1. The van der Waals surface area contributed by atoms with E-state index in [1.54, 1.807) is 0 Å². The Labute approximate surface area is 483 Å². The smallest absolute Gasteiger partial charge is 0.306 e. The molecular weight excluding hydrogens is 988 g/mol. The summed E-state index contributed by atoms with van der Waals surface area (Å²) in [4.78, 5) is 40.0. The summed E-state index contributed by atoms with van der Waals surface area (Å²) in [5.41, 5.74) is 0. The maximum absolute atomic E-state index is 13.5. The molecule has 78 heavy (non-hydrogen) atoms. The molecule has 1 N–H and O–H groups in total. The average molecular weight is 1120 g/mol. The first-order valence-corrected chi connectivity index (χ1v) is 34.6. The molecule has 0 aromatic carbocycles. The molecule has 0 heterocycles. The monoisotopic (exact) mass is 1110 g/mol. The average Bonchev–Trinajstić information content (AvgIpc) is 3.40. The number of rotatable bonds is 60. The maximum Gasteiger partial charge on any atom is 0.306 e. The highest BCUT2D eigenvalue weighted by Crippen LogP contribution is 2.38. The minimum atomic E-state index is -4.70. The Kier molecular flexibility index (Phi) is 56.2. The summed E-state index contributed by atoms with van der Waals surface area (Å²) in [7, 11) is 1.18. The third-order valence-electron chi connectivity index (χ3n) is 14.7.